The lowest BCUT2D eigenvalue weighted by Crippen LogP contribution is -2.26. The number of aliphatic imine (C=N–C) groups is 1. The third-order valence-corrected chi connectivity index (χ3v) is 4.64. The van der Waals surface area contributed by atoms with Gasteiger partial charge in [-0.25, -0.2) is 15.0 Å². The maximum atomic E-state index is 8.91. The van der Waals surface area contributed by atoms with Crippen molar-refractivity contribution in [2.45, 2.75) is 13.0 Å². The first kappa shape index (κ1) is 17.6. The van der Waals surface area contributed by atoms with Crippen molar-refractivity contribution >= 4 is 6.34 Å². The molecule has 5 heteroatoms. The minimum absolute atomic E-state index is 0.687. The van der Waals surface area contributed by atoms with Crippen molar-refractivity contribution in [1.82, 2.24) is 14.9 Å². The molecule has 0 unspecified atom stereocenters. The fourth-order valence-electron chi connectivity index (χ4n) is 3.22. The summed E-state index contributed by atoms with van der Waals surface area (Å²) in [7, 11) is 0. The number of nitrogens with zero attached hydrogens (tertiary/aromatic N) is 5. The van der Waals surface area contributed by atoms with Gasteiger partial charge in [0.05, 0.1) is 18.0 Å². The number of hydrogen-bond donors (Lipinski definition) is 0. The highest BCUT2D eigenvalue weighted by Crippen LogP contribution is 2.19. The van der Waals surface area contributed by atoms with Crippen molar-refractivity contribution in [3.05, 3.63) is 95.7 Å². The van der Waals surface area contributed by atoms with Gasteiger partial charge < -0.3 is 4.90 Å². The van der Waals surface area contributed by atoms with Gasteiger partial charge in [0.25, 0.3) is 0 Å². The van der Waals surface area contributed by atoms with E-state index in [1.807, 2.05) is 49.2 Å². The Labute approximate surface area is 164 Å². The van der Waals surface area contributed by atoms with Crippen LogP contribution < -0.4 is 0 Å². The van der Waals surface area contributed by atoms with Crippen LogP contribution in [0.1, 0.15) is 16.7 Å². The van der Waals surface area contributed by atoms with Crippen molar-refractivity contribution < 1.29 is 0 Å². The molecule has 0 N–H and O–H groups in total. The molecule has 0 atom stereocenters. The SMILES string of the molecule is N#Cc1ccc(CC2=CN=CN(Cc3ccc(-c4cncnc4)cc3)C2)cc1. The van der Waals surface area contributed by atoms with Crippen LogP contribution in [0, 0.1) is 11.3 Å². The minimum atomic E-state index is 0.687. The topological polar surface area (TPSA) is 65.2 Å². The predicted molar refractivity (Wildman–Crippen MR) is 109 cm³/mol. The van der Waals surface area contributed by atoms with Crippen molar-refractivity contribution in [3.8, 4) is 17.2 Å². The maximum Gasteiger partial charge on any atom is 0.115 e. The average Bonchev–Trinajstić information content (AvgIpc) is 2.76. The third-order valence-electron chi connectivity index (χ3n) is 4.64. The number of benzene rings is 2. The van der Waals surface area contributed by atoms with E-state index in [0.29, 0.717) is 5.56 Å². The molecule has 0 bridgehead atoms. The quantitative estimate of drug-likeness (QED) is 0.686. The van der Waals surface area contributed by atoms with Crippen LogP contribution in [0.4, 0.5) is 0 Å². The van der Waals surface area contributed by atoms with Crippen molar-refractivity contribution in [2.24, 2.45) is 4.99 Å². The highest BCUT2D eigenvalue weighted by molar-refractivity contribution is 5.62. The van der Waals surface area contributed by atoms with Crippen molar-refractivity contribution in [3.63, 3.8) is 0 Å². The standard InChI is InChI=1S/C23H19N5/c24-10-19-3-1-18(2-4-19)9-21-11-27-17-28(15-21)14-20-5-7-22(8-6-20)23-12-25-16-26-13-23/h1-8,11-13,16-17H,9,14-15H2. The molecule has 0 saturated carbocycles. The Kier molecular flexibility index (Phi) is 5.21. The summed E-state index contributed by atoms with van der Waals surface area (Å²) in [6.45, 7) is 1.65. The van der Waals surface area contributed by atoms with Crippen molar-refractivity contribution in [1.29, 1.82) is 5.26 Å². The fourth-order valence-corrected chi connectivity index (χ4v) is 3.22. The molecule has 2 heterocycles. The summed E-state index contributed by atoms with van der Waals surface area (Å²) >= 11 is 0. The van der Waals surface area contributed by atoms with Crippen molar-refractivity contribution in [2.75, 3.05) is 6.54 Å². The van der Waals surface area contributed by atoms with Crippen LogP contribution in [0.5, 0.6) is 0 Å². The van der Waals surface area contributed by atoms with Gasteiger partial charge in [-0.1, -0.05) is 36.4 Å². The minimum Gasteiger partial charge on any atom is -0.354 e. The van der Waals surface area contributed by atoms with Crippen LogP contribution in [0.2, 0.25) is 0 Å². The van der Waals surface area contributed by atoms with Gasteiger partial charge in [-0.2, -0.15) is 5.26 Å². The van der Waals surface area contributed by atoms with E-state index < -0.39 is 0 Å². The van der Waals surface area contributed by atoms with E-state index in [1.54, 1.807) is 0 Å². The Bertz CT molecular complexity index is 1030. The molecule has 0 amide bonds. The molecule has 28 heavy (non-hydrogen) atoms. The van der Waals surface area contributed by atoms with E-state index in [9.17, 15) is 0 Å². The van der Waals surface area contributed by atoms with Gasteiger partial charge in [0.15, 0.2) is 0 Å². The van der Waals surface area contributed by atoms with Gasteiger partial charge in [0.2, 0.25) is 0 Å². The summed E-state index contributed by atoms with van der Waals surface area (Å²) in [6, 6.07) is 18.4. The number of hydrogen-bond acceptors (Lipinski definition) is 5. The largest absolute Gasteiger partial charge is 0.354 e. The smallest absolute Gasteiger partial charge is 0.115 e. The zero-order chi connectivity index (χ0) is 19.2. The molecule has 0 saturated heterocycles. The summed E-state index contributed by atoms with van der Waals surface area (Å²) in [4.78, 5) is 14.8. The second-order valence-electron chi connectivity index (χ2n) is 6.77. The van der Waals surface area contributed by atoms with E-state index in [1.165, 1.54) is 23.0 Å². The number of nitriles is 1. The maximum absolute atomic E-state index is 8.91. The molecule has 1 aliphatic rings. The summed E-state index contributed by atoms with van der Waals surface area (Å²) in [5.74, 6) is 0. The lowest BCUT2D eigenvalue weighted by atomic mass is 10.0. The molecule has 5 nitrogen and oxygen atoms in total. The monoisotopic (exact) mass is 365 g/mol. The van der Waals surface area contributed by atoms with Crippen LogP contribution in [0.25, 0.3) is 11.1 Å². The summed E-state index contributed by atoms with van der Waals surface area (Å²) < 4.78 is 0. The molecule has 2 aromatic carbocycles. The molecule has 3 aromatic rings. The van der Waals surface area contributed by atoms with Gasteiger partial charge in [-0.05, 0) is 40.8 Å². The van der Waals surface area contributed by atoms with Crippen LogP contribution in [-0.4, -0.2) is 27.8 Å². The van der Waals surface area contributed by atoms with Crippen LogP contribution in [-0.2, 0) is 13.0 Å². The van der Waals surface area contributed by atoms with Gasteiger partial charge in [0, 0.05) is 37.2 Å². The normalized spacial score (nSPS) is 13.1. The van der Waals surface area contributed by atoms with E-state index in [-0.39, 0.29) is 0 Å². The Morgan fingerprint density at radius 1 is 0.893 bits per heavy atom. The zero-order valence-electron chi connectivity index (χ0n) is 15.4. The van der Waals surface area contributed by atoms with Gasteiger partial charge in [0.1, 0.15) is 6.33 Å². The zero-order valence-corrected chi connectivity index (χ0v) is 15.4. The molecule has 0 radical (unpaired) electrons. The number of rotatable bonds is 5. The molecule has 4 rings (SSSR count). The Balaban J connectivity index is 1.37. The van der Waals surface area contributed by atoms with Crippen LogP contribution >= 0.6 is 0 Å². The lowest BCUT2D eigenvalue weighted by Gasteiger charge is -2.24. The third kappa shape index (κ3) is 4.30. The first-order valence-electron chi connectivity index (χ1n) is 9.09. The molecule has 136 valence electrons. The number of aromatic nitrogens is 2. The Hall–Kier alpha value is -3.78. The summed E-state index contributed by atoms with van der Waals surface area (Å²) in [5, 5.41) is 8.91. The van der Waals surface area contributed by atoms with Gasteiger partial charge in [-0.15, -0.1) is 0 Å². The Morgan fingerprint density at radius 2 is 1.61 bits per heavy atom. The second-order valence-corrected chi connectivity index (χ2v) is 6.77. The first-order chi connectivity index (χ1) is 13.8. The van der Waals surface area contributed by atoms with Gasteiger partial charge >= 0.3 is 0 Å². The Morgan fingerprint density at radius 3 is 2.32 bits per heavy atom. The van der Waals surface area contributed by atoms with E-state index in [2.05, 4.69) is 50.2 Å². The molecule has 1 aromatic heterocycles. The van der Waals surface area contributed by atoms with Gasteiger partial charge in [-0.3, -0.25) is 0 Å². The summed E-state index contributed by atoms with van der Waals surface area (Å²) in [5.41, 5.74) is 6.49. The van der Waals surface area contributed by atoms with E-state index >= 15 is 0 Å². The predicted octanol–water partition coefficient (Wildman–Crippen LogP) is 3.99. The summed E-state index contributed by atoms with van der Waals surface area (Å²) in [6.07, 6.45) is 9.84. The first-order valence-corrected chi connectivity index (χ1v) is 9.09. The molecular formula is C23H19N5. The lowest BCUT2D eigenvalue weighted by molar-refractivity contribution is 0.450. The van der Waals surface area contributed by atoms with Crippen LogP contribution in [0.15, 0.2) is 84.0 Å². The molecule has 0 spiro atoms. The molecular weight excluding hydrogens is 346 g/mol. The highest BCUT2D eigenvalue weighted by atomic mass is 15.2. The average molecular weight is 365 g/mol. The van der Waals surface area contributed by atoms with E-state index in [0.717, 1.165) is 30.6 Å². The molecule has 0 aliphatic carbocycles. The molecule has 0 fully saturated rings. The van der Waals surface area contributed by atoms with E-state index in [4.69, 9.17) is 5.26 Å². The fraction of sp³-hybridized carbons (Fsp3) is 0.130. The highest BCUT2D eigenvalue weighted by Gasteiger charge is 2.10. The van der Waals surface area contributed by atoms with Crippen LogP contribution in [0.3, 0.4) is 0 Å². The second kappa shape index (κ2) is 8.28. The molecule has 1 aliphatic heterocycles.